The summed E-state index contributed by atoms with van der Waals surface area (Å²) >= 11 is 6.20. The van der Waals surface area contributed by atoms with E-state index in [1.807, 2.05) is 18.2 Å². The number of benzene rings is 2. The Balaban J connectivity index is 1.62. The molecule has 2 N–H and O–H groups in total. The van der Waals surface area contributed by atoms with Gasteiger partial charge in [-0.2, -0.15) is 10.1 Å². The van der Waals surface area contributed by atoms with Crippen LogP contribution in [0.15, 0.2) is 77.9 Å². The van der Waals surface area contributed by atoms with Crippen molar-refractivity contribution in [3.8, 4) is 17.2 Å². The van der Waals surface area contributed by atoms with Crippen LogP contribution in [0.2, 0.25) is 5.15 Å². The molecule has 2 aromatic carbocycles. The highest BCUT2D eigenvalue weighted by molar-refractivity contribution is 6.32. The minimum absolute atomic E-state index is 0.0730. The van der Waals surface area contributed by atoms with Gasteiger partial charge in [0.05, 0.1) is 11.4 Å². The number of aromatic nitrogens is 5. The summed E-state index contributed by atoms with van der Waals surface area (Å²) in [6.45, 7) is 5.32. The summed E-state index contributed by atoms with van der Waals surface area (Å²) in [5, 5.41) is 10.6. The minimum atomic E-state index is -0.671. The van der Waals surface area contributed by atoms with Crippen LogP contribution in [0, 0.1) is 0 Å². The van der Waals surface area contributed by atoms with E-state index in [4.69, 9.17) is 21.1 Å². The quantitative estimate of drug-likeness (QED) is 0.257. The number of para-hydroxylation sites is 1. The summed E-state index contributed by atoms with van der Waals surface area (Å²) in [5.74, 6) is 0.774. The third-order valence-corrected chi connectivity index (χ3v) is 5.74. The summed E-state index contributed by atoms with van der Waals surface area (Å²) in [4.78, 5) is 35.3. The number of ether oxygens (including phenoxy) is 2. The lowest BCUT2D eigenvalue weighted by Gasteiger charge is -2.20. The van der Waals surface area contributed by atoms with E-state index in [0.717, 1.165) is 0 Å². The first-order valence-electron chi connectivity index (χ1n) is 12.3. The van der Waals surface area contributed by atoms with Crippen molar-refractivity contribution in [2.75, 3.05) is 10.6 Å². The molecule has 0 spiro atoms. The molecule has 0 radical (unpaired) electrons. The molecule has 0 aliphatic rings. The van der Waals surface area contributed by atoms with Crippen molar-refractivity contribution in [1.29, 1.82) is 0 Å². The Morgan fingerprint density at radius 2 is 1.82 bits per heavy atom. The highest BCUT2D eigenvalue weighted by atomic mass is 35.5. The molecule has 0 saturated heterocycles. The second kappa shape index (κ2) is 10.7. The van der Waals surface area contributed by atoms with Gasteiger partial charge in [0, 0.05) is 30.5 Å². The number of hydrogen-bond acceptors (Lipinski definition) is 8. The lowest BCUT2D eigenvalue weighted by atomic mass is 10.2. The van der Waals surface area contributed by atoms with Crippen LogP contribution in [0.3, 0.4) is 0 Å². The van der Waals surface area contributed by atoms with Crippen LogP contribution < -0.4 is 20.9 Å². The van der Waals surface area contributed by atoms with Gasteiger partial charge in [-0.05, 0) is 57.2 Å². The summed E-state index contributed by atoms with van der Waals surface area (Å²) in [6, 6.07) is 17.3. The van der Waals surface area contributed by atoms with Crippen LogP contribution in [-0.2, 0) is 11.8 Å². The molecule has 11 nitrogen and oxygen atoms in total. The fourth-order valence-electron chi connectivity index (χ4n) is 3.87. The molecular formula is C28H26ClN7O4. The first kappa shape index (κ1) is 26.7. The number of aryl methyl sites for hydroxylation is 1. The van der Waals surface area contributed by atoms with Crippen LogP contribution in [-0.4, -0.2) is 36.0 Å². The first-order chi connectivity index (χ1) is 19.1. The SMILES string of the molecule is Cn1cc(Nc2ncc3cc(Oc4ccccc4)c(=O)n(-c4cccc(NC(=O)OC(C)(C)C)c4)c3n2)c(Cl)n1. The van der Waals surface area contributed by atoms with Gasteiger partial charge in [-0.1, -0.05) is 35.9 Å². The van der Waals surface area contributed by atoms with E-state index in [1.165, 1.54) is 4.57 Å². The number of nitrogens with zero attached hydrogens (tertiary/aromatic N) is 5. The molecule has 5 aromatic rings. The predicted octanol–water partition coefficient (Wildman–Crippen LogP) is 6.05. The molecule has 12 heteroatoms. The Bertz CT molecular complexity index is 1760. The van der Waals surface area contributed by atoms with E-state index in [0.29, 0.717) is 33.8 Å². The van der Waals surface area contributed by atoms with E-state index >= 15 is 0 Å². The normalized spacial score (nSPS) is 11.3. The molecule has 0 fully saturated rings. The largest absolute Gasteiger partial charge is 0.452 e. The molecule has 1 amide bonds. The van der Waals surface area contributed by atoms with Crippen molar-refractivity contribution in [3.63, 3.8) is 0 Å². The summed E-state index contributed by atoms with van der Waals surface area (Å²) in [5.41, 5.74) is 0.536. The van der Waals surface area contributed by atoms with Gasteiger partial charge in [-0.3, -0.25) is 19.4 Å². The maximum absolute atomic E-state index is 13.8. The predicted molar refractivity (Wildman–Crippen MR) is 153 cm³/mol. The lowest BCUT2D eigenvalue weighted by molar-refractivity contribution is 0.0636. The smallest absolute Gasteiger partial charge is 0.412 e. The molecule has 0 aliphatic carbocycles. The molecule has 0 aliphatic heterocycles. The summed E-state index contributed by atoms with van der Waals surface area (Å²) in [7, 11) is 1.74. The molecule has 0 atom stereocenters. The molecule has 40 heavy (non-hydrogen) atoms. The van der Waals surface area contributed by atoms with Crippen molar-refractivity contribution in [3.05, 3.63) is 88.6 Å². The second-order valence-corrected chi connectivity index (χ2v) is 10.2. The number of amides is 1. The number of carbonyl (C=O) groups excluding carboxylic acids is 1. The maximum atomic E-state index is 13.8. The molecular weight excluding hydrogens is 534 g/mol. The van der Waals surface area contributed by atoms with Crippen molar-refractivity contribution in [1.82, 2.24) is 24.3 Å². The monoisotopic (exact) mass is 559 g/mol. The zero-order valence-corrected chi connectivity index (χ0v) is 22.9. The molecule has 3 heterocycles. The van der Waals surface area contributed by atoms with E-state index in [9.17, 15) is 9.59 Å². The van der Waals surface area contributed by atoms with Gasteiger partial charge in [0.25, 0.3) is 5.56 Å². The Hall–Kier alpha value is -4.90. The van der Waals surface area contributed by atoms with Crippen molar-refractivity contribution in [2.45, 2.75) is 26.4 Å². The fraction of sp³-hybridized carbons (Fsp3) is 0.179. The third kappa shape index (κ3) is 6.05. The van der Waals surface area contributed by atoms with Crippen LogP contribution in [0.25, 0.3) is 16.7 Å². The van der Waals surface area contributed by atoms with Gasteiger partial charge in [0.1, 0.15) is 11.4 Å². The summed E-state index contributed by atoms with van der Waals surface area (Å²) in [6.07, 6.45) is 2.64. The molecule has 204 valence electrons. The van der Waals surface area contributed by atoms with Gasteiger partial charge < -0.3 is 14.8 Å². The number of halogens is 1. The Kier molecular flexibility index (Phi) is 7.14. The Labute approximate surface area is 234 Å². The maximum Gasteiger partial charge on any atom is 0.412 e. The number of nitrogens with one attached hydrogen (secondary N) is 2. The average Bonchev–Trinajstić information content (AvgIpc) is 3.20. The van der Waals surface area contributed by atoms with Gasteiger partial charge in [0.15, 0.2) is 16.5 Å². The first-order valence-corrected chi connectivity index (χ1v) is 12.7. The highest BCUT2D eigenvalue weighted by Gasteiger charge is 2.19. The Morgan fingerprint density at radius 3 is 2.52 bits per heavy atom. The molecule has 3 aromatic heterocycles. The van der Waals surface area contributed by atoms with E-state index < -0.39 is 17.3 Å². The van der Waals surface area contributed by atoms with Crippen LogP contribution in [0.1, 0.15) is 20.8 Å². The summed E-state index contributed by atoms with van der Waals surface area (Å²) < 4.78 is 14.3. The van der Waals surface area contributed by atoms with Crippen molar-refractivity contribution in [2.24, 2.45) is 7.05 Å². The fourth-order valence-corrected chi connectivity index (χ4v) is 4.09. The van der Waals surface area contributed by atoms with Crippen LogP contribution >= 0.6 is 11.6 Å². The molecule has 0 bridgehead atoms. The number of anilines is 3. The lowest BCUT2D eigenvalue weighted by Crippen LogP contribution is -2.27. The van der Waals surface area contributed by atoms with Gasteiger partial charge in [-0.25, -0.2) is 9.78 Å². The highest BCUT2D eigenvalue weighted by Crippen LogP contribution is 2.27. The van der Waals surface area contributed by atoms with E-state index in [2.05, 4.69) is 25.7 Å². The minimum Gasteiger partial charge on any atom is -0.452 e. The topological polar surface area (TPSA) is 125 Å². The average molecular weight is 560 g/mol. The van der Waals surface area contributed by atoms with E-state index in [1.54, 1.807) is 87.4 Å². The Morgan fingerprint density at radius 1 is 1.05 bits per heavy atom. The second-order valence-electron chi connectivity index (χ2n) is 9.85. The standard InChI is InChI=1S/C28H26ClN7O4/c1-28(2,3)40-27(38)31-18-9-8-10-19(14-18)36-24-17(13-22(25(36)37)39-20-11-6-5-7-12-20)15-30-26(33-24)32-21-16-35(4)34-23(21)29/h5-16H,1-4H3,(H,31,38)(H,30,32,33). The van der Waals surface area contributed by atoms with Crippen LogP contribution in [0.5, 0.6) is 11.5 Å². The number of hydrogen-bond donors (Lipinski definition) is 2. The molecule has 0 unspecified atom stereocenters. The number of rotatable bonds is 6. The number of fused-ring (bicyclic) bond motifs is 1. The zero-order chi connectivity index (χ0) is 28.4. The van der Waals surface area contributed by atoms with Gasteiger partial charge in [0.2, 0.25) is 5.95 Å². The molecule has 0 saturated carbocycles. The molecule has 5 rings (SSSR count). The number of carbonyl (C=O) groups is 1. The van der Waals surface area contributed by atoms with Gasteiger partial charge in [-0.15, -0.1) is 0 Å². The zero-order valence-electron chi connectivity index (χ0n) is 22.2. The van der Waals surface area contributed by atoms with Crippen molar-refractivity contribution < 1.29 is 14.3 Å². The van der Waals surface area contributed by atoms with E-state index in [-0.39, 0.29) is 16.9 Å². The third-order valence-electron chi connectivity index (χ3n) is 5.46. The van der Waals surface area contributed by atoms with Crippen LogP contribution in [0.4, 0.5) is 22.1 Å². The van der Waals surface area contributed by atoms with Gasteiger partial charge >= 0.3 is 6.09 Å². The number of pyridine rings is 1. The van der Waals surface area contributed by atoms with Crippen molar-refractivity contribution >= 4 is 46.1 Å².